The minimum atomic E-state index is 0.110. The number of fused-ring (bicyclic) bond motifs is 1. The molecule has 1 N–H and O–H groups in total. The number of rotatable bonds is 4. The summed E-state index contributed by atoms with van der Waals surface area (Å²) in [5, 5.41) is 0. The molecule has 0 radical (unpaired) electrons. The van der Waals surface area contributed by atoms with E-state index in [9.17, 15) is 0 Å². The van der Waals surface area contributed by atoms with Gasteiger partial charge in [0.1, 0.15) is 11.8 Å². The highest BCUT2D eigenvalue weighted by Gasteiger charge is 2.32. The molecular formula is C19H21N5O2. The van der Waals surface area contributed by atoms with Gasteiger partial charge in [0.25, 0.3) is 0 Å². The quantitative estimate of drug-likeness (QED) is 0.778. The molecule has 0 aliphatic carbocycles. The Labute approximate surface area is 151 Å². The summed E-state index contributed by atoms with van der Waals surface area (Å²) in [7, 11) is 0. The fourth-order valence-corrected chi connectivity index (χ4v) is 3.61. The third-order valence-electron chi connectivity index (χ3n) is 5.10. The standard InChI is InChI=1S/C19H21N5O2/c1-2-4-16-15(3-1)22-19(23-16)24-11-14(12-24)26-18-17(20-7-8-21-18)13-5-9-25-10-6-13/h1-4,7-8,13-14H,5-6,9-12H2,(H,22,23). The third-order valence-corrected chi connectivity index (χ3v) is 5.10. The van der Waals surface area contributed by atoms with Crippen molar-refractivity contribution in [3.05, 3.63) is 42.4 Å². The Morgan fingerprint density at radius 1 is 1.08 bits per heavy atom. The molecule has 0 amide bonds. The van der Waals surface area contributed by atoms with Crippen LogP contribution in [0.2, 0.25) is 0 Å². The number of anilines is 1. The lowest BCUT2D eigenvalue weighted by Gasteiger charge is -2.38. The molecule has 2 aliphatic heterocycles. The summed E-state index contributed by atoms with van der Waals surface area (Å²) in [6.07, 6.45) is 5.52. The van der Waals surface area contributed by atoms with E-state index >= 15 is 0 Å². The second-order valence-electron chi connectivity index (χ2n) is 6.86. The van der Waals surface area contributed by atoms with E-state index in [4.69, 9.17) is 9.47 Å². The van der Waals surface area contributed by atoms with Crippen LogP contribution in [0.15, 0.2) is 36.7 Å². The van der Waals surface area contributed by atoms with Crippen molar-refractivity contribution in [1.29, 1.82) is 0 Å². The molecule has 7 nitrogen and oxygen atoms in total. The molecule has 26 heavy (non-hydrogen) atoms. The van der Waals surface area contributed by atoms with Crippen LogP contribution in [0.5, 0.6) is 5.88 Å². The maximum absolute atomic E-state index is 6.16. The summed E-state index contributed by atoms with van der Waals surface area (Å²) >= 11 is 0. The predicted octanol–water partition coefficient (Wildman–Crippen LogP) is 2.51. The summed E-state index contributed by atoms with van der Waals surface area (Å²) in [4.78, 5) is 19.2. The number of nitrogens with one attached hydrogen (secondary N) is 1. The van der Waals surface area contributed by atoms with Gasteiger partial charge in [0, 0.05) is 31.5 Å². The molecule has 2 saturated heterocycles. The summed E-state index contributed by atoms with van der Waals surface area (Å²) < 4.78 is 11.6. The molecule has 0 unspecified atom stereocenters. The summed E-state index contributed by atoms with van der Waals surface area (Å²) in [5.41, 5.74) is 3.02. The van der Waals surface area contributed by atoms with Gasteiger partial charge >= 0.3 is 0 Å². The fourth-order valence-electron chi connectivity index (χ4n) is 3.61. The van der Waals surface area contributed by atoms with Crippen LogP contribution >= 0.6 is 0 Å². The van der Waals surface area contributed by atoms with Crippen LogP contribution in [-0.4, -0.2) is 52.3 Å². The van der Waals surface area contributed by atoms with Gasteiger partial charge in [-0.1, -0.05) is 12.1 Å². The van der Waals surface area contributed by atoms with Crippen molar-refractivity contribution in [3.8, 4) is 5.88 Å². The molecule has 2 aliphatic rings. The molecular weight excluding hydrogens is 330 g/mol. The average molecular weight is 351 g/mol. The molecule has 7 heteroatoms. The minimum absolute atomic E-state index is 0.110. The first-order valence-corrected chi connectivity index (χ1v) is 9.12. The molecule has 2 aromatic heterocycles. The van der Waals surface area contributed by atoms with Crippen LogP contribution in [0.3, 0.4) is 0 Å². The Morgan fingerprint density at radius 3 is 2.73 bits per heavy atom. The largest absolute Gasteiger partial charge is 0.469 e. The second kappa shape index (κ2) is 6.57. The van der Waals surface area contributed by atoms with E-state index in [-0.39, 0.29) is 6.10 Å². The summed E-state index contributed by atoms with van der Waals surface area (Å²) in [6.45, 7) is 3.15. The first kappa shape index (κ1) is 15.6. The van der Waals surface area contributed by atoms with Crippen LogP contribution in [0, 0.1) is 0 Å². The molecule has 0 atom stereocenters. The highest BCUT2D eigenvalue weighted by atomic mass is 16.5. The van der Waals surface area contributed by atoms with Crippen molar-refractivity contribution in [2.24, 2.45) is 0 Å². The highest BCUT2D eigenvalue weighted by Crippen LogP contribution is 2.32. The van der Waals surface area contributed by atoms with Gasteiger partial charge in [-0.15, -0.1) is 0 Å². The minimum Gasteiger partial charge on any atom is -0.469 e. The Bertz CT molecular complexity index is 867. The summed E-state index contributed by atoms with van der Waals surface area (Å²) in [5.74, 6) is 1.95. The molecule has 0 spiro atoms. The number of aromatic amines is 1. The zero-order chi connectivity index (χ0) is 17.3. The van der Waals surface area contributed by atoms with E-state index in [0.29, 0.717) is 11.8 Å². The van der Waals surface area contributed by atoms with E-state index < -0.39 is 0 Å². The lowest BCUT2D eigenvalue weighted by molar-refractivity contribution is 0.0822. The number of H-pyrrole nitrogens is 1. The normalized spacial score (nSPS) is 18.8. The molecule has 1 aromatic carbocycles. The topological polar surface area (TPSA) is 76.2 Å². The molecule has 2 fully saturated rings. The van der Waals surface area contributed by atoms with Crippen LogP contribution < -0.4 is 9.64 Å². The van der Waals surface area contributed by atoms with Gasteiger partial charge in [0.05, 0.1) is 24.1 Å². The van der Waals surface area contributed by atoms with E-state index in [2.05, 4.69) is 24.8 Å². The Morgan fingerprint density at radius 2 is 1.88 bits per heavy atom. The van der Waals surface area contributed by atoms with Crippen LogP contribution in [0.4, 0.5) is 5.95 Å². The van der Waals surface area contributed by atoms with E-state index in [0.717, 1.165) is 61.8 Å². The average Bonchev–Trinajstić information content (AvgIpc) is 3.09. The first-order chi connectivity index (χ1) is 12.9. The van der Waals surface area contributed by atoms with Crippen molar-refractivity contribution in [2.45, 2.75) is 24.9 Å². The zero-order valence-corrected chi connectivity index (χ0v) is 14.5. The van der Waals surface area contributed by atoms with E-state index in [1.807, 2.05) is 24.3 Å². The Balaban J connectivity index is 1.26. The van der Waals surface area contributed by atoms with E-state index in [1.165, 1.54) is 0 Å². The molecule has 4 heterocycles. The predicted molar refractivity (Wildman–Crippen MR) is 97.5 cm³/mol. The van der Waals surface area contributed by atoms with Crippen molar-refractivity contribution in [3.63, 3.8) is 0 Å². The maximum atomic E-state index is 6.16. The molecule has 0 saturated carbocycles. The van der Waals surface area contributed by atoms with Crippen molar-refractivity contribution in [1.82, 2.24) is 19.9 Å². The van der Waals surface area contributed by atoms with Crippen molar-refractivity contribution < 1.29 is 9.47 Å². The van der Waals surface area contributed by atoms with Crippen LogP contribution in [-0.2, 0) is 4.74 Å². The molecule has 134 valence electrons. The smallest absolute Gasteiger partial charge is 0.236 e. The SMILES string of the molecule is c1ccc2[nH]c(N3CC(Oc4nccnc4C4CCOCC4)C3)nc2c1. The fraction of sp³-hybridized carbons (Fsp3) is 0.421. The lowest BCUT2D eigenvalue weighted by Crippen LogP contribution is -2.54. The van der Waals surface area contributed by atoms with Gasteiger partial charge in [0.15, 0.2) is 0 Å². The second-order valence-corrected chi connectivity index (χ2v) is 6.86. The van der Waals surface area contributed by atoms with Gasteiger partial charge < -0.3 is 19.4 Å². The van der Waals surface area contributed by atoms with Gasteiger partial charge in [-0.05, 0) is 25.0 Å². The monoisotopic (exact) mass is 351 g/mol. The maximum Gasteiger partial charge on any atom is 0.236 e. The molecule has 0 bridgehead atoms. The van der Waals surface area contributed by atoms with Gasteiger partial charge in [0.2, 0.25) is 11.8 Å². The third kappa shape index (κ3) is 2.88. The van der Waals surface area contributed by atoms with Crippen LogP contribution in [0.25, 0.3) is 11.0 Å². The van der Waals surface area contributed by atoms with Gasteiger partial charge in [-0.2, -0.15) is 0 Å². The number of nitrogens with zero attached hydrogens (tertiary/aromatic N) is 4. The van der Waals surface area contributed by atoms with Crippen molar-refractivity contribution in [2.75, 3.05) is 31.2 Å². The molecule has 5 rings (SSSR count). The lowest BCUT2D eigenvalue weighted by atomic mass is 9.96. The summed E-state index contributed by atoms with van der Waals surface area (Å²) in [6, 6.07) is 8.07. The number of ether oxygens (including phenoxy) is 2. The zero-order valence-electron chi connectivity index (χ0n) is 14.5. The van der Waals surface area contributed by atoms with Gasteiger partial charge in [-0.25, -0.2) is 9.97 Å². The highest BCUT2D eigenvalue weighted by molar-refractivity contribution is 5.77. The number of imidazole rings is 1. The first-order valence-electron chi connectivity index (χ1n) is 9.12. The number of hydrogen-bond donors (Lipinski definition) is 1. The Kier molecular flexibility index (Phi) is 3.93. The van der Waals surface area contributed by atoms with Gasteiger partial charge in [-0.3, -0.25) is 4.98 Å². The number of benzene rings is 1. The van der Waals surface area contributed by atoms with Crippen molar-refractivity contribution >= 4 is 17.0 Å². The van der Waals surface area contributed by atoms with E-state index in [1.54, 1.807) is 12.4 Å². The molecule has 3 aromatic rings. The number of hydrogen-bond acceptors (Lipinski definition) is 6. The number of para-hydroxylation sites is 2. The Hall–Kier alpha value is -2.67. The number of aromatic nitrogens is 4. The van der Waals surface area contributed by atoms with Crippen LogP contribution in [0.1, 0.15) is 24.5 Å².